The summed E-state index contributed by atoms with van der Waals surface area (Å²) in [5.41, 5.74) is 5.61. The molecule has 3 aliphatic carbocycles. The highest BCUT2D eigenvalue weighted by molar-refractivity contribution is 6.32. The van der Waals surface area contributed by atoms with Crippen LogP contribution in [0.25, 0.3) is 11.1 Å². The van der Waals surface area contributed by atoms with Gasteiger partial charge in [-0.1, -0.05) is 19.1 Å². The van der Waals surface area contributed by atoms with E-state index in [1.54, 1.807) is 27.3 Å². The minimum Gasteiger partial charge on any atom is -0.507 e. The van der Waals surface area contributed by atoms with Crippen LogP contribution in [0.1, 0.15) is 34.8 Å². The van der Waals surface area contributed by atoms with Gasteiger partial charge in [0.25, 0.3) is 0 Å². The number of Topliss-reactive ketones (excluding diaryl/α,β-unsaturated/α-hetero) is 4. The lowest BCUT2D eigenvalue weighted by Crippen LogP contribution is -2.74. The molecule has 6 unspecified atom stereocenters. The molecule has 6 atom stereocenters. The number of hydrogen-bond donors (Lipinski definition) is 3. The Bertz CT molecular complexity index is 1480. The van der Waals surface area contributed by atoms with Crippen molar-refractivity contribution in [2.45, 2.75) is 37.8 Å². The summed E-state index contributed by atoms with van der Waals surface area (Å²) in [5.74, 6) is -9.87. The number of rotatable bonds is 5. The summed E-state index contributed by atoms with van der Waals surface area (Å²) in [6.45, 7) is 1.99. The van der Waals surface area contributed by atoms with Crippen LogP contribution in [-0.4, -0.2) is 77.0 Å². The number of primary amides is 1. The summed E-state index contributed by atoms with van der Waals surface area (Å²) in [7, 11) is 4.70. The first kappa shape index (κ1) is 27.7. The van der Waals surface area contributed by atoms with Gasteiger partial charge in [-0.25, -0.2) is 0 Å². The zero-order valence-corrected chi connectivity index (χ0v) is 22.8. The number of ether oxygens (including phenoxy) is 1. The van der Waals surface area contributed by atoms with Gasteiger partial charge in [-0.2, -0.15) is 0 Å². The fourth-order valence-corrected chi connectivity index (χ4v) is 7.10. The van der Waals surface area contributed by atoms with Gasteiger partial charge < -0.3 is 20.7 Å². The second-order valence-corrected chi connectivity index (χ2v) is 11.2. The van der Waals surface area contributed by atoms with E-state index < -0.39 is 64.4 Å². The van der Waals surface area contributed by atoms with Gasteiger partial charge in [-0.3, -0.25) is 28.9 Å². The van der Waals surface area contributed by atoms with Crippen LogP contribution in [0.15, 0.2) is 30.3 Å². The Morgan fingerprint density at radius 3 is 2.42 bits per heavy atom. The molecule has 10 heteroatoms. The third-order valence-corrected chi connectivity index (χ3v) is 8.92. The summed E-state index contributed by atoms with van der Waals surface area (Å²) in [6, 6.07) is 7.62. The number of aryl methyl sites for hydroxylation is 1. The SMILES string of the molecule is CCc1cc(-c2ccc(O)c3c2CC2CC4C(N(C)C)C(=O)C(C(N)=O)C(=O)C4(O)C(=O)C2C3=O)ccc1OC. The minimum atomic E-state index is -2.74. The van der Waals surface area contributed by atoms with Gasteiger partial charge in [0.1, 0.15) is 11.5 Å². The van der Waals surface area contributed by atoms with Crippen LogP contribution in [0.4, 0.5) is 0 Å². The number of carbonyl (C=O) groups is 5. The van der Waals surface area contributed by atoms with Crippen LogP contribution in [-0.2, 0) is 32.0 Å². The van der Waals surface area contributed by atoms with E-state index in [1.165, 1.54) is 11.0 Å². The summed E-state index contributed by atoms with van der Waals surface area (Å²) in [5, 5.41) is 22.5. The summed E-state index contributed by atoms with van der Waals surface area (Å²) < 4.78 is 5.44. The summed E-state index contributed by atoms with van der Waals surface area (Å²) in [6.07, 6.45) is 0.904. The third-order valence-electron chi connectivity index (χ3n) is 8.92. The molecule has 2 aromatic rings. The molecule has 40 heavy (non-hydrogen) atoms. The first-order valence-electron chi connectivity index (χ1n) is 13.2. The maximum atomic E-state index is 13.9. The van der Waals surface area contributed by atoms with E-state index >= 15 is 0 Å². The van der Waals surface area contributed by atoms with Gasteiger partial charge >= 0.3 is 0 Å². The van der Waals surface area contributed by atoms with E-state index in [9.17, 15) is 34.2 Å². The molecule has 0 bridgehead atoms. The Hall–Kier alpha value is -3.89. The topological polar surface area (TPSA) is 164 Å². The van der Waals surface area contributed by atoms with Crippen LogP contribution in [0.2, 0.25) is 0 Å². The number of phenols is 1. The number of nitrogens with two attached hydrogens (primary N) is 1. The lowest BCUT2D eigenvalue weighted by molar-refractivity contribution is -0.181. The molecule has 0 heterocycles. The number of ketones is 4. The van der Waals surface area contributed by atoms with Gasteiger partial charge in [0.05, 0.1) is 24.6 Å². The van der Waals surface area contributed by atoms with Crippen molar-refractivity contribution in [3.8, 4) is 22.6 Å². The molecule has 210 valence electrons. The fourth-order valence-electron chi connectivity index (χ4n) is 7.10. The van der Waals surface area contributed by atoms with E-state index in [0.717, 1.165) is 16.9 Å². The molecule has 0 aliphatic heterocycles. The molecule has 2 fully saturated rings. The molecule has 3 aliphatic rings. The number of likely N-dealkylation sites (N-methyl/N-ethyl adjacent to an activating group) is 1. The average molecular weight is 549 g/mol. The molecule has 5 rings (SSSR count). The highest BCUT2D eigenvalue weighted by atomic mass is 16.5. The standard InChI is InChI=1S/C30H32N2O8/c1-5-13-10-14(6-9-20(13)40-4)16-7-8-19(33)22-17(16)11-15-12-18-24(32(2)3)26(35)23(29(31)38)28(37)30(18,39)27(36)21(15)25(22)34/h6-10,15,18,21,23-24,33,39H,5,11-12H2,1-4H3,(H2,31,38). The number of fused-ring (bicyclic) bond motifs is 3. The summed E-state index contributed by atoms with van der Waals surface area (Å²) >= 11 is 0. The van der Waals surface area contributed by atoms with Gasteiger partial charge in [-0.05, 0) is 79.7 Å². The van der Waals surface area contributed by atoms with Crippen LogP contribution in [0.3, 0.4) is 0 Å². The van der Waals surface area contributed by atoms with Crippen LogP contribution in [0, 0.1) is 23.7 Å². The normalized spacial score (nSPS) is 29.6. The molecule has 0 spiro atoms. The Morgan fingerprint density at radius 2 is 1.82 bits per heavy atom. The molecular formula is C30H32N2O8. The van der Waals surface area contributed by atoms with Crippen molar-refractivity contribution in [2.75, 3.05) is 21.2 Å². The number of amides is 1. The molecule has 0 aromatic heterocycles. The van der Waals surface area contributed by atoms with Crippen molar-refractivity contribution in [3.05, 3.63) is 47.0 Å². The number of hydrogen-bond acceptors (Lipinski definition) is 9. The number of benzene rings is 2. The maximum Gasteiger partial charge on any atom is 0.235 e. The van der Waals surface area contributed by atoms with Crippen LogP contribution < -0.4 is 10.5 Å². The second kappa shape index (κ2) is 9.64. The van der Waals surface area contributed by atoms with E-state index in [4.69, 9.17) is 10.5 Å². The molecule has 2 saturated carbocycles. The third kappa shape index (κ3) is 3.73. The number of nitrogens with zero attached hydrogens (tertiary/aromatic N) is 1. The number of phenolic OH excluding ortho intramolecular Hbond substituents is 1. The maximum absolute atomic E-state index is 13.9. The Labute approximate surface area is 231 Å². The van der Waals surface area contributed by atoms with Gasteiger partial charge in [-0.15, -0.1) is 0 Å². The molecule has 0 saturated heterocycles. The van der Waals surface area contributed by atoms with Crippen molar-refractivity contribution in [3.63, 3.8) is 0 Å². The smallest absolute Gasteiger partial charge is 0.235 e. The minimum absolute atomic E-state index is 0.00180. The van der Waals surface area contributed by atoms with Crippen molar-refractivity contribution >= 4 is 29.0 Å². The average Bonchev–Trinajstić information content (AvgIpc) is 2.90. The fraction of sp³-hybridized carbons (Fsp3) is 0.433. The quantitative estimate of drug-likeness (QED) is 0.464. The molecule has 0 radical (unpaired) electrons. The van der Waals surface area contributed by atoms with E-state index in [-0.39, 0.29) is 24.2 Å². The Morgan fingerprint density at radius 1 is 1.12 bits per heavy atom. The lowest BCUT2D eigenvalue weighted by Gasteiger charge is -2.52. The van der Waals surface area contributed by atoms with Crippen molar-refractivity contribution in [2.24, 2.45) is 29.4 Å². The van der Waals surface area contributed by atoms with E-state index in [1.807, 2.05) is 25.1 Å². The molecular weight excluding hydrogens is 516 g/mol. The summed E-state index contributed by atoms with van der Waals surface area (Å²) in [4.78, 5) is 68.1. The Kier molecular flexibility index (Phi) is 6.67. The predicted octanol–water partition coefficient (Wildman–Crippen LogP) is 1.10. The van der Waals surface area contributed by atoms with Gasteiger partial charge in [0, 0.05) is 5.92 Å². The lowest BCUT2D eigenvalue weighted by atomic mass is 9.52. The van der Waals surface area contributed by atoms with E-state index in [2.05, 4.69) is 0 Å². The van der Waals surface area contributed by atoms with Crippen molar-refractivity contribution in [1.82, 2.24) is 4.90 Å². The molecule has 2 aromatic carbocycles. The zero-order chi connectivity index (χ0) is 29.3. The van der Waals surface area contributed by atoms with Crippen LogP contribution in [0.5, 0.6) is 11.5 Å². The van der Waals surface area contributed by atoms with Gasteiger partial charge in [0.15, 0.2) is 34.7 Å². The Balaban J connectivity index is 1.65. The first-order chi connectivity index (χ1) is 18.9. The van der Waals surface area contributed by atoms with Crippen LogP contribution >= 0.6 is 0 Å². The zero-order valence-electron chi connectivity index (χ0n) is 22.8. The highest BCUT2D eigenvalue weighted by Crippen LogP contribution is 2.51. The predicted molar refractivity (Wildman–Crippen MR) is 143 cm³/mol. The van der Waals surface area contributed by atoms with Gasteiger partial charge in [0.2, 0.25) is 5.91 Å². The van der Waals surface area contributed by atoms with Crippen molar-refractivity contribution < 1.29 is 38.9 Å². The first-order valence-corrected chi connectivity index (χ1v) is 13.2. The number of carbonyl (C=O) groups excluding carboxylic acids is 5. The molecule has 1 amide bonds. The number of aromatic hydroxyl groups is 1. The number of aliphatic hydroxyl groups is 1. The largest absolute Gasteiger partial charge is 0.507 e. The molecule has 10 nitrogen and oxygen atoms in total. The second-order valence-electron chi connectivity index (χ2n) is 11.2. The number of methoxy groups -OCH3 is 1. The highest BCUT2D eigenvalue weighted by Gasteiger charge is 2.69. The monoisotopic (exact) mass is 548 g/mol. The van der Waals surface area contributed by atoms with Crippen molar-refractivity contribution in [1.29, 1.82) is 0 Å². The van der Waals surface area contributed by atoms with E-state index in [0.29, 0.717) is 17.5 Å². The molecule has 4 N–H and O–H groups in total.